The Balaban J connectivity index is 1.67. The third-order valence-corrected chi connectivity index (χ3v) is 7.02. The number of hydrogen-bond acceptors (Lipinski definition) is 3. The fourth-order valence-corrected chi connectivity index (χ4v) is 5.66. The van der Waals surface area contributed by atoms with Crippen LogP contribution in [0.15, 0.2) is 115 Å². The van der Waals surface area contributed by atoms with Crippen molar-refractivity contribution in [3.63, 3.8) is 0 Å². The maximum atomic E-state index is 6.49. The van der Waals surface area contributed by atoms with Gasteiger partial charge in [0.15, 0.2) is 11.5 Å². The molecule has 0 atom stereocenters. The molecule has 0 spiro atoms. The van der Waals surface area contributed by atoms with Crippen molar-refractivity contribution >= 4 is 17.2 Å². The van der Waals surface area contributed by atoms with E-state index in [1.807, 2.05) is 12.3 Å². The largest absolute Gasteiger partial charge is 0.453 e. The fourth-order valence-electron chi connectivity index (χ4n) is 5.66. The Labute approximate surface area is 198 Å². The van der Waals surface area contributed by atoms with Crippen LogP contribution in [-0.2, 0) is 5.41 Å². The van der Waals surface area contributed by atoms with Crippen molar-refractivity contribution in [2.24, 2.45) is 0 Å². The van der Waals surface area contributed by atoms with Gasteiger partial charge in [0.1, 0.15) is 5.82 Å². The molecule has 7 rings (SSSR count). The molecule has 3 nitrogen and oxygen atoms in total. The molecule has 3 heteroatoms. The number of nitrogens with zero attached hydrogens (tertiary/aromatic N) is 2. The first-order valence-electron chi connectivity index (χ1n) is 11.6. The van der Waals surface area contributed by atoms with Crippen LogP contribution < -0.4 is 9.64 Å². The molecule has 3 heterocycles. The highest BCUT2D eigenvalue weighted by Gasteiger charge is 2.49. The molecule has 2 aliphatic rings. The van der Waals surface area contributed by atoms with E-state index < -0.39 is 5.41 Å². The maximum absolute atomic E-state index is 6.49. The molecule has 0 fully saturated rings. The SMILES string of the molecule is Cc1ccc2c(c1)N1c3ncccc3C(c3ccccc3)(c3ccccc3)c3cccc(c31)O2. The Kier molecular flexibility index (Phi) is 3.97. The third-order valence-electron chi connectivity index (χ3n) is 7.02. The number of fused-ring (bicyclic) bond motifs is 4. The van der Waals surface area contributed by atoms with Gasteiger partial charge in [-0.05, 0) is 53.4 Å². The first-order valence-corrected chi connectivity index (χ1v) is 11.6. The van der Waals surface area contributed by atoms with Crippen molar-refractivity contribution in [1.29, 1.82) is 0 Å². The van der Waals surface area contributed by atoms with Crippen molar-refractivity contribution in [3.8, 4) is 11.5 Å². The summed E-state index contributed by atoms with van der Waals surface area (Å²) < 4.78 is 6.49. The number of pyridine rings is 1. The van der Waals surface area contributed by atoms with Gasteiger partial charge in [0.25, 0.3) is 0 Å². The Hall–Kier alpha value is -4.37. The number of benzene rings is 4. The van der Waals surface area contributed by atoms with Crippen molar-refractivity contribution in [1.82, 2.24) is 4.98 Å². The molecule has 0 amide bonds. The molecular weight excluding hydrogens is 416 g/mol. The zero-order chi connectivity index (χ0) is 22.7. The molecule has 0 N–H and O–H groups in total. The van der Waals surface area contributed by atoms with Crippen LogP contribution in [0.1, 0.15) is 27.8 Å². The van der Waals surface area contributed by atoms with Gasteiger partial charge in [-0.15, -0.1) is 0 Å². The van der Waals surface area contributed by atoms with E-state index >= 15 is 0 Å². The van der Waals surface area contributed by atoms with E-state index in [2.05, 4.69) is 115 Å². The van der Waals surface area contributed by atoms with Gasteiger partial charge in [-0.2, -0.15) is 0 Å². The van der Waals surface area contributed by atoms with Crippen LogP contribution in [-0.4, -0.2) is 4.98 Å². The second-order valence-electron chi connectivity index (χ2n) is 8.92. The van der Waals surface area contributed by atoms with Gasteiger partial charge in [0.2, 0.25) is 0 Å². The minimum atomic E-state index is -0.529. The average molecular weight is 439 g/mol. The van der Waals surface area contributed by atoms with E-state index in [0.717, 1.165) is 34.3 Å². The first kappa shape index (κ1) is 19.1. The maximum Gasteiger partial charge on any atom is 0.151 e. The number of para-hydroxylation sites is 1. The first-order chi connectivity index (χ1) is 16.8. The lowest BCUT2D eigenvalue weighted by Gasteiger charge is -2.47. The molecule has 0 bridgehead atoms. The summed E-state index contributed by atoms with van der Waals surface area (Å²) in [6.07, 6.45) is 1.89. The number of hydrogen-bond donors (Lipinski definition) is 0. The molecule has 4 aromatic carbocycles. The molecule has 162 valence electrons. The van der Waals surface area contributed by atoms with Crippen LogP contribution >= 0.6 is 0 Å². The van der Waals surface area contributed by atoms with Gasteiger partial charge in [-0.25, -0.2) is 4.98 Å². The minimum Gasteiger partial charge on any atom is -0.453 e. The molecule has 1 aromatic heterocycles. The van der Waals surface area contributed by atoms with Gasteiger partial charge in [0, 0.05) is 11.8 Å². The Morgan fingerprint density at radius 1 is 0.676 bits per heavy atom. The van der Waals surface area contributed by atoms with Crippen molar-refractivity contribution in [3.05, 3.63) is 143 Å². The molecule has 0 radical (unpaired) electrons. The molecule has 0 saturated carbocycles. The number of anilines is 3. The van der Waals surface area contributed by atoms with Crippen LogP contribution in [0.4, 0.5) is 17.2 Å². The van der Waals surface area contributed by atoms with E-state index in [0.29, 0.717) is 0 Å². The van der Waals surface area contributed by atoms with Crippen LogP contribution in [0.3, 0.4) is 0 Å². The lowest BCUT2D eigenvalue weighted by molar-refractivity contribution is 0.473. The zero-order valence-electron chi connectivity index (χ0n) is 18.8. The van der Waals surface area contributed by atoms with Crippen LogP contribution in [0.2, 0.25) is 0 Å². The van der Waals surface area contributed by atoms with Crippen molar-refractivity contribution < 1.29 is 4.74 Å². The van der Waals surface area contributed by atoms with Crippen LogP contribution in [0, 0.1) is 6.92 Å². The lowest BCUT2D eigenvalue weighted by atomic mass is 9.63. The van der Waals surface area contributed by atoms with Crippen molar-refractivity contribution in [2.75, 3.05) is 4.90 Å². The fraction of sp³-hybridized carbons (Fsp3) is 0.0645. The Morgan fingerprint density at radius 3 is 2.12 bits per heavy atom. The van der Waals surface area contributed by atoms with Crippen LogP contribution in [0.25, 0.3) is 0 Å². The van der Waals surface area contributed by atoms with E-state index in [9.17, 15) is 0 Å². The standard InChI is InChI=1S/C31H22N2O/c1-21-17-18-27-26(20-21)33-29-24(14-8-16-28(29)34-27)31(22-10-4-2-5-11-22,23-12-6-3-7-13-23)25-15-9-19-32-30(25)33/h2-20H,1H3. The monoisotopic (exact) mass is 438 g/mol. The van der Waals surface area contributed by atoms with Gasteiger partial charge in [-0.3, -0.25) is 4.90 Å². The van der Waals surface area contributed by atoms with E-state index in [1.54, 1.807) is 0 Å². The molecule has 2 aliphatic heterocycles. The summed E-state index contributed by atoms with van der Waals surface area (Å²) in [4.78, 5) is 7.28. The summed E-state index contributed by atoms with van der Waals surface area (Å²) in [5, 5.41) is 0. The highest BCUT2D eigenvalue weighted by molar-refractivity contribution is 5.94. The topological polar surface area (TPSA) is 25.4 Å². The summed E-state index contributed by atoms with van der Waals surface area (Å²) >= 11 is 0. The average Bonchev–Trinajstić information content (AvgIpc) is 2.90. The molecule has 0 unspecified atom stereocenters. The number of aromatic nitrogens is 1. The smallest absolute Gasteiger partial charge is 0.151 e. The van der Waals surface area contributed by atoms with E-state index in [1.165, 1.54) is 22.3 Å². The highest BCUT2D eigenvalue weighted by Crippen LogP contribution is 2.62. The Bertz CT molecular complexity index is 1500. The lowest BCUT2D eigenvalue weighted by Crippen LogP contribution is -2.39. The summed E-state index contributed by atoms with van der Waals surface area (Å²) in [7, 11) is 0. The molecule has 34 heavy (non-hydrogen) atoms. The van der Waals surface area contributed by atoms with E-state index in [4.69, 9.17) is 9.72 Å². The van der Waals surface area contributed by atoms with Gasteiger partial charge >= 0.3 is 0 Å². The summed E-state index contributed by atoms with van der Waals surface area (Å²) in [5.41, 5.74) is 7.50. The minimum absolute atomic E-state index is 0.529. The third kappa shape index (κ3) is 2.44. The number of rotatable bonds is 2. The zero-order valence-corrected chi connectivity index (χ0v) is 18.8. The predicted octanol–water partition coefficient (Wildman–Crippen LogP) is 7.66. The number of aryl methyl sites for hydroxylation is 1. The molecule has 0 aliphatic carbocycles. The van der Waals surface area contributed by atoms with Gasteiger partial charge < -0.3 is 4.74 Å². The van der Waals surface area contributed by atoms with Gasteiger partial charge in [0.05, 0.1) is 16.8 Å². The molecular formula is C31H22N2O. The van der Waals surface area contributed by atoms with E-state index in [-0.39, 0.29) is 0 Å². The summed E-state index contributed by atoms with van der Waals surface area (Å²) in [5.74, 6) is 2.63. The second-order valence-corrected chi connectivity index (χ2v) is 8.92. The Morgan fingerprint density at radius 2 is 1.38 bits per heavy atom. The normalized spacial score (nSPS) is 14.4. The summed E-state index contributed by atoms with van der Waals surface area (Å²) in [6, 6.07) is 38.5. The summed E-state index contributed by atoms with van der Waals surface area (Å²) in [6.45, 7) is 2.11. The molecule has 0 saturated heterocycles. The van der Waals surface area contributed by atoms with Gasteiger partial charge in [-0.1, -0.05) is 84.9 Å². The quantitative estimate of drug-likeness (QED) is 0.277. The highest BCUT2D eigenvalue weighted by atomic mass is 16.5. The molecule has 5 aromatic rings. The number of ether oxygens (including phenoxy) is 1. The van der Waals surface area contributed by atoms with Crippen LogP contribution in [0.5, 0.6) is 11.5 Å². The van der Waals surface area contributed by atoms with Crippen molar-refractivity contribution in [2.45, 2.75) is 12.3 Å². The predicted molar refractivity (Wildman–Crippen MR) is 136 cm³/mol. The second kappa shape index (κ2) is 7.06.